The molecule has 3 unspecified atom stereocenters. The highest BCUT2D eigenvalue weighted by atomic mass is 16.3. The Kier molecular flexibility index (Phi) is 29.6. The second kappa shape index (κ2) is 26.2. The van der Waals surface area contributed by atoms with Crippen LogP contribution in [0.15, 0.2) is 24.8 Å². The molecule has 3 heteroatoms. The number of allylic oxidation sites excluding steroid dienone is 1. The second-order valence-corrected chi connectivity index (χ2v) is 12.4. The van der Waals surface area contributed by atoms with Gasteiger partial charge in [-0.1, -0.05) is 134 Å². The summed E-state index contributed by atoms with van der Waals surface area (Å²) < 4.78 is 0. The molecule has 40 heavy (non-hydrogen) atoms. The van der Waals surface area contributed by atoms with Crippen LogP contribution in [-0.4, -0.2) is 28.5 Å². The van der Waals surface area contributed by atoms with E-state index in [4.69, 9.17) is 16.6 Å². The largest absolute Gasteiger partial charge is 0.507 e. The van der Waals surface area contributed by atoms with E-state index in [0.717, 1.165) is 36.8 Å². The van der Waals surface area contributed by atoms with Gasteiger partial charge in [0.15, 0.2) is 0 Å². The van der Waals surface area contributed by atoms with Gasteiger partial charge in [-0.2, -0.15) is 0 Å². The summed E-state index contributed by atoms with van der Waals surface area (Å²) in [7, 11) is 0. The maximum absolute atomic E-state index is 10.6. The first-order valence-corrected chi connectivity index (χ1v) is 15.7. The number of hydrogen-bond acceptors (Lipinski definition) is 3. The topological polar surface area (TPSA) is 60.7 Å². The first-order chi connectivity index (χ1) is 18.5. The van der Waals surface area contributed by atoms with Crippen molar-refractivity contribution < 1.29 is 15.3 Å². The molecule has 0 saturated heterocycles. The van der Waals surface area contributed by atoms with E-state index in [-0.39, 0.29) is 23.4 Å². The van der Waals surface area contributed by atoms with E-state index in [2.05, 4.69) is 86.9 Å². The quantitative estimate of drug-likeness (QED) is 0.159. The van der Waals surface area contributed by atoms with E-state index < -0.39 is 0 Å². The smallest absolute Gasteiger partial charge is 0.122 e. The van der Waals surface area contributed by atoms with Crippen molar-refractivity contribution >= 4 is 0 Å². The van der Waals surface area contributed by atoms with Gasteiger partial charge in [0, 0.05) is 12.5 Å². The molecule has 3 atom stereocenters. The van der Waals surface area contributed by atoms with Gasteiger partial charge in [0.1, 0.15) is 5.75 Å². The Hall–Kier alpha value is -1.76. The van der Waals surface area contributed by atoms with E-state index in [1.165, 1.54) is 18.4 Å². The number of benzene rings is 1. The van der Waals surface area contributed by atoms with Crippen molar-refractivity contribution in [1.29, 1.82) is 0 Å². The molecule has 0 aliphatic heterocycles. The highest BCUT2D eigenvalue weighted by molar-refractivity contribution is 5.47. The van der Waals surface area contributed by atoms with E-state index in [0.29, 0.717) is 24.2 Å². The molecule has 1 rings (SSSR count). The summed E-state index contributed by atoms with van der Waals surface area (Å²) in [4.78, 5) is 0. The Morgan fingerprint density at radius 1 is 0.950 bits per heavy atom. The highest BCUT2D eigenvalue weighted by Gasteiger charge is 2.23. The van der Waals surface area contributed by atoms with Gasteiger partial charge in [-0.05, 0) is 58.6 Å². The van der Waals surface area contributed by atoms with Gasteiger partial charge in [0.25, 0.3) is 0 Å². The van der Waals surface area contributed by atoms with Crippen LogP contribution in [-0.2, 0) is 18.3 Å². The summed E-state index contributed by atoms with van der Waals surface area (Å²) in [6.07, 6.45) is 13.6. The standard InChI is InChI=1S/C19H30O.C8H14O.C5H12O.C3H8.C2H6/c1-8-13(3)14(4)10-16-11-15(9-2)12-17(18(16)20)19(5,6)7;1-5-7(6-9)8(2,3)4;1-2-3-4-5-6;1-3-2;1-2/h8,11-14,20H,1,9-10H2,2-7H3;1,7,9H,6H2,2-4H3;6H,2-5H2,1H3;3H2,1-2H3;1-2H3. The van der Waals surface area contributed by atoms with Crippen LogP contribution in [0.3, 0.4) is 0 Å². The van der Waals surface area contributed by atoms with Crippen molar-refractivity contribution in [2.75, 3.05) is 13.2 Å². The normalized spacial score (nSPS) is 12.7. The van der Waals surface area contributed by atoms with E-state index >= 15 is 0 Å². The van der Waals surface area contributed by atoms with Gasteiger partial charge in [0.2, 0.25) is 0 Å². The van der Waals surface area contributed by atoms with Gasteiger partial charge in [-0.15, -0.1) is 18.9 Å². The highest BCUT2D eigenvalue weighted by Crippen LogP contribution is 2.36. The molecule has 0 spiro atoms. The van der Waals surface area contributed by atoms with Crippen LogP contribution in [0.2, 0.25) is 0 Å². The Balaban J connectivity index is -0.000000267. The predicted molar refractivity (Wildman–Crippen MR) is 181 cm³/mol. The Morgan fingerprint density at radius 2 is 1.45 bits per heavy atom. The SMILES string of the molecule is C#CC(CO)C(C)(C)C.C=CC(C)C(C)Cc1cc(CC)cc(C(C)(C)C)c1O.CC.CCC.CCCCCO. The van der Waals surface area contributed by atoms with Crippen molar-refractivity contribution in [2.24, 2.45) is 23.2 Å². The minimum atomic E-state index is -0.0305. The van der Waals surface area contributed by atoms with E-state index in [9.17, 15) is 5.11 Å². The third kappa shape index (κ3) is 22.0. The van der Waals surface area contributed by atoms with Gasteiger partial charge in [-0.25, -0.2) is 0 Å². The molecule has 0 aliphatic rings. The molecule has 3 nitrogen and oxygen atoms in total. The number of rotatable bonds is 9. The molecular formula is C37H70O3. The third-order valence-electron chi connectivity index (χ3n) is 6.47. The van der Waals surface area contributed by atoms with Gasteiger partial charge in [0.05, 0.1) is 6.61 Å². The number of aliphatic hydroxyl groups is 2. The van der Waals surface area contributed by atoms with Crippen molar-refractivity contribution in [3.63, 3.8) is 0 Å². The van der Waals surface area contributed by atoms with Crippen molar-refractivity contribution in [3.05, 3.63) is 41.5 Å². The minimum Gasteiger partial charge on any atom is -0.507 e. The van der Waals surface area contributed by atoms with Gasteiger partial charge < -0.3 is 15.3 Å². The number of phenols is 1. The number of aromatic hydroxyl groups is 1. The zero-order valence-corrected chi connectivity index (χ0v) is 29.2. The Labute approximate surface area is 251 Å². The van der Waals surface area contributed by atoms with Crippen LogP contribution in [0, 0.1) is 35.5 Å². The molecule has 0 aromatic heterocycles. The average molecular weight is 563 g/mol. The van der Waals surface area contributed by atoms with Crippen LogP contribution in [0.1, 0.15) is 139 Å². The average Bonchev–Trinajstić information content (AvgIpc) is 2.89. The Bertz CT molecular complexity index is 755. The molecule has 1 aromatic carbocycles. The molecule has 0 fully saturated rings. The summed E-state index contributed by atoms with van der Waals surface area (Å²) in [5, 5.41) is 27.5. The zero-order chi connectivity index (χ0) is 32.5. The van der Waals surface area contributed by atoms with Crippen LogP contribution < -0.4 is 0 Å². The molecule has 236 valence electrons. The van der Waals surface area contributed by atoms with E-state index in [1.54, 1.807) is 0 Å². The number of unbranched alkanes of at least 4 members (excludes halogenated alkanes) is 2. The fourth-order valence-corrected chi connectivity index (χ4v) is 3.40. The summed E-state index contributed by atoms with van der Waals surface area (Å²) in [6, 6.07) is 4.32. The van der Waals surface area contributed by atoms with Gasteiger partial charge in [-0.3, -0.25) is 0 Å². The fourth-order valence-electron chi connectivity index (χ4n) is 3.40. The number of aliphatic hydroxyl groups excluding tert-OH is 2. The van der Waals surface area contributed by atoms with Crippen LogP contribution >= 0.6 is 0 Å². The lowest BCUT2D eigenvalue weighted by molar-refractivity contribution is 0.174. The maximum Gasteiger partial charge on any atom is 0.122 e. The lowest BCUT2D eigenvalue weighted by atomic mass is 9.81. The van der Waals surface area contributed by atoms with Gasteiger partial charge >= 0.3 is 0 Å². The first kappa shape index (κ1) is 45.2. The molecule has 0 saturated carbocycles. The number of phenolic OH excluding ortho intramolecular Hbond substituents is 1. The fraction of sp³-hybridized carbons (Fsp3) is 0.730. The summed E-state index contributed by atoms with van der Waals surface area (Å²) in [5.74, 6) is 3.95. The zero-order valence-electron chi connectivity index (χ0n) is 29.2. The monoisotopic (exact) mass is 563 g/mol. The minimum absolute atomic E-state index is 0.0162. The van der Waals surface area contributed by atoms with Crippen molar-refractivity contribution in [3.8, 4) is 18.1 Å². The summed E-state index contributed by atoms with van der Waals surface area (Å²) in [6.45, 7) is 33.8. The lowest BCUT2D eigenvalue weighted by Crippen LogP contribution is -2.21. The molecule has 0 aliphatic carbocycles. The second-order valence-electron chi connectivity index (χ2n) is 12.4. The molecule has 0 radical (unpaired) electrons. The molecule has 0 heterocycles. The number of terminal acetylenes is 1. The molecular weight excluding hydrogens is 492 g/mol. The van der Waals surface area contributed by atoms with Crippen LogP contribution in [0.25, 0.3) is 0 Å². The molecule has 3 N–H and O–H groups in total. The maximum atomic E-state index is 10.6. The summed E-state index contributed by atoms with van der Waals surface area (Å²) >= 11 is 0. The van der Waals surface area contributed by atoms with Crippen molar-refractivity contribution in [1.82, 2.24) is 0 Å². The number of aryl methyl sites for hydroxylation is 1. The predicted octanol–water partition coefficient (Wildman–Crippen LogP) is 10.1. The third-order valence-corrected chi connectivity index (χ3v) is 6.47. The van der Waals surface area contributed by atoms with Crippen LogP contribution in [0.5, 0.6) is 5.75 Å². The van der Waals surface area contributed by atoms with Crippen LogP contribution in [0.4, 0.5) is 0 Å². The first-order valence-electron chi connectivity index (χ1n) is 15.7. The summed E-state index contributed by atoms with van der Waals surface area (Å²) in [5.41, 5.74) is 3.45. The molecule has 1 aromatic rings. The molecule has 0 amide bonds. The lowest BCUT2D eigenvalue weighted by Gasteiger charge is -2.25. The Morgan fingerprint density at radius 3 is 1.70 bits per heavy atom. The molecule has 0 bridgehead atoms. The van der Waals surface area contributed by atoms with Crippen molar-refractivity contribution in [2.45, 2.75) is 141 Å². The van der Waals surface area contributed by atoms with E-state index in [1.807, 2.05) is 40.7 Å². The number of hydrogen-bond donors (Lipinski definition) is 3.